The van der Waals surface area contributed by atoms with Crippen LogP contribution in [0.4, 0.5) is 5.82 Å². The number of sulfonamides is 1. The molecule has 0 unspecified atom stereocenters. The first-order chi connectivity index (χ1) is 8.43. The van der Waals surface area contributed by atoms with Crippen molar-refractivity contribution >= 4 is 43.5 Å². The van der Waals surface area contributed by atoms with Crippen LogP contribution in [0.5, 0.6) is 0 Å². The number of nitrogen functional groups attached to an aromatic ring is 1. The van der Waals surface area contributed by atoms with E-state index in [0.717, 1.165) is 5.75 Å². The fraction of sp³-hybridized carbons (Fsp3) is 0.444. The van der Waals surface area contributed by atoms with Gasteiger partial charge in [-0.1, -0.05) is 0 Å². The number of rotatable bonds is 6. The van der Waals surface area contributed by atoms with Gasteiger partial charge in [0.05, 0.1) is 0 Å². The molecular weight excluding hydrogens is 340 g/mol. The third-order valence-corrected chi connectivity index (χ3v) is 5.15. The number of nitrogens with zero attached hydrogens (tertiary/aromatic N) is 2. The van der Waals surface area contributed by atoms with Gasteiger partial charge < -0.3 is 5.43 Å². The van der Waals surface area contributed by atoms with Crippen molar-refractivity contribution in [2.24, 2.45) is 5.84 Å². The van der Waals surface area contributed by atoms with Crippen LogP contribution in [-0.2, 0) is 10.0 Å². The Balaban J connectivity index is 3.14. The molecule has 0 aliphatic rings. The van der Waals surface area contributed by atoms with Crippen LogP contribution in [0.25, 0.3) is 0 Å². The Bertz CT molecular complexity index is 509. The zero-order chi connectivity index (χ0) is 13.8. The number of halogens is 1. The summed E-state index contributed by atoms with van der Waals surface area (Å²) in [7, 11) is -2.06. The number of nitrogens with one attached hydrogen (secondary N) is 1. The monoisotopic (exact) mass is 354 g/mol. The van der Waals surface area contributed by atoms with Gasteiger partial charge in [-0.05, 0) is 28.3 Å². The molecule has 0 aliphatic heterocycles. The van der Waals surface area contributed by atoms with Gasteiger partial charge in [-0.25, -0.2) is 19.2 Å². The number of nitrogens with two attached hydrogens (primary N) is 1. The second-order valence-electron chi connectivity index (χ2n) is 3.46. The van der Waals surface area contributed by atoms with Crippen molar-refractivity contribution in [3.63, 3.8) is 0 Å². The van der Waals surface area contributed by atoms with Crippen molar-refractivity contribution < 1.29 is 8.42 Å². The summed E-state index contributed by atoms with van der Waals surface area (Å²) in [6, 6.07) is 1.48. The number of hydrazine groups is 1. The Labute approximate surface area is 119 Å². The minimum Gasteiger partial charge on any atom is -0.307 e. The fourth-order valence-corrected chi connectivity index (χ4v) is 3.59. The van der Waals surface area contributed by atoms with E-state index in [2.05, 4.69) is 26.3 Å². The van der Waals surface area contributed by atoms with Crippen LogP contribution in [-0.4, -0.2) is 43.3 Å². The van der Waals surface area contributed by atoms with Crippen LogP contribution in [0.2, 0.25) is 0 Å². The summed E-state index contributed by atoms with van der Waals surface area (Å²) in [6.07, 6.45) is 3.41. The standard InChI is InChI=1S/C9H15BrN4O2S2/c1-14(3-4-17-2)18(15,16)8-5-7(10)6-12-9(8)13-11/h5-6H,3-4,11H2,1-2H3,(H,12,13). The molecule has 1 aromatic rings. The molecule has 9 heteroatoms. The predicted molar refractivity (Wildman–Crippen MR) is 77.9 cm³/mol. The minimum atomic E-state index is -3.59. The summed E-state index contributed by atoms with van der Waals surface area (Å²) >= 11 is 4.78. The SMILES string of the molecule is CSCCN(C)S(=O)(=O)c1cc(Br)cnc1NN. The van der Waals surface area contributed by atoms with Crippen molar-refractivity contribution in [1.29, 1.82) is 0 Å². The molecule has 0 aliphatic carbocycles. The van der Waals surface area contributed by atoms with Gasteiger partial charge in [0, 0.05) is 30.0 Å². The van der Waals surface area contributed by atoms with E-state index < -0.39 is 10.0 Å². The molecule has 6 nitrogen and oxygen atoms in total. The summed E-state index contributed by atoms with van der Waals surface area (Å²) in [5.41, 5.74) is 2.30. The van der Waals surface area contributed by atoms with Crippen LogP contribution in [0.1, 0.15) is 0 Å². The molecule has 102 valence electrons. The molecule has 1 rings (SSSR count). The molecule has 0 atom stereocenters. The maximum Gasteiger partial charge on any atom is 0.246 e. The van der Waals surface area contributed by atoms with E-state index in [1.165, 1.54) is 23.6 Å². The number of hydrogen-bond donors (Lipinski definition) is 2. The molecule has 0 saturated heterocycles. The third-order valence-electron chi connectivity index (χ3n) is 2.25. The Kier molecular flexibility index (Phi) is 5.86. The zero-order valence-electron chi connectivity index (χ0n) is 10.1. The lowest BCUT2D eigenvalue weighted by atomic mass is 10.5. The van der Waals surface area contributed by atoms with Gasteiger partial charge in [-0.15, -0.1) is 0 Å². The van der Waals surface area contributed by atoms with Gasteiger partial charge in [-0.2, -0.15) is 16.1 Å². The van der Waals surface area contributed by atoms with E-state index in [9.17, 15) is 8.42 Å². The van der Waals surface area contributed by atoms with Crippen molar-refractivity contribution in [2.75, 3.05) is 31.0 Å². The second kappa shape index (κ2) is 6.71. The van der Waals surface area contributed by atoms with Crippen LogP contribution >= 0.6 is 27.7 Å². The Morgan fingerprint density at radius 1 is 1.61 bits per heavy atom. The topological polar surface area (TPSA) is 88.3 Å². The summed E-state index contributed by atoms with van der Waals surface area (Å²) in [4.78, 5) is 3.99. The van der Waals surface area contributed by atoms with E-state index in [4.69, 9.17) is 5.84 Å². The molecule has 0 spiro atoms. The number of pyridine rings is 1. The largest absolute Gasteiger partial charge is 0.307 e. The molecule has 0 radical (unpaired) electrons. The highest BCUT2D eigenvalue weighted by molar-refractivity contribution is 9.10. The molecule has 18 heavy (non-hydrogen) atoms. The summed E-state index contributed by atoms with van der Waals surface area (Å²) in [5, 5.41) is 0. The molecule has 1 heterocycles. The highest BCUT2D eigenvalue weighted by Crippen LogP contribution is 2.24. The van der Waals surface area contributed by atoms with Gasteiger partial charge >= 0.3 is 0 Å². The second-order valence-corrected chi connectivity index (χ2v) is 7.38. The smallest absolute Gasteiger partial charge is 0.246 e. The number of thioether (sulfide) groups is 1. The predicted octanol–water partition coefficient (Wildman–Crippen LogP) is 1.11. The van der Waals surface area contributed by atoms with Crippen molar-refractivity contribution in [3.05, 3.63) is 16.7 Å². The highest BCUT2D eigenvalue weighted by Gasteiger charge is 2.24. The lowest BCUT2D eigenvalue weighted by molar-refractivity contribution is 0.488. The molecular formula is C9H15BrN4O2S2. The maximum atomic E-state index is 12.3. The molecule has 0 amide bonds. The first-order valence-corrected chi connectivity index (χ1v) is 8.63. The van der Waals surface area contributed by atoms with E-state index in [1.54, 1.807) is 11.8 Å². The quantitative estimate of drug-likeness (QED) is 0.587. The molecule has 1 aromatic heterocycles. The third kappa shape index (κ3) is 3.58. The number of hydrogen-bond acceptors (Lipinski definition) is 6. The Hall–Kier alpha value is -0.350. The summed E-state index contributed by atoms with van der Waals surface area (Å²) < 4.78 is 26.5. The van der Waals surface area contributed by atoms with E-state index in [0.29, 0.717) is 11.0 Å². The lowest BCUT2D eigenvalue weighted by Crippen LogP contribution is -2.30. The van der Waals surface area contributed by atoms with E-state index in [1.807, 2.05) is 6.26 Å². The van der Waals surface area contributed by atoms with Gasteiger partial charge in [0.25, 0.3) is 0 Å². The van der Waals surface area contributed by atoms with E-state index >= 15 is 0 Å². The number of anilines is 1. The van der Waals surface area contributed by atoms with Gasteiger partial charge in [0.2, 0.25) is 10.0 Å². The van der Waals surface area contributed by atoms with Crippen LogP contribution < -0.4 is 11.3 Å². The van der Waals surface area contributed by atoms with Gasteiger partial charge in [0.15, 0.2) is 5.82 Å². The summed E-state index contributed by atoms with van der Waals surface area (Å²) in [6.45, 7) is 0.431. The summed E-state index contributed by atoms with van der Waals surface area (Å²) in [5.74, 6) is 6.14. The highest BCUT2D eigenvalue weighted by atomic mass is 79.9. The fourth-order valence-electron chi connectivity index (χ4n) is 1.23. The average Bonchev–Trinajstić information content (AvgIpc) is 2.35. The lowest BCUT2D eigenvalue weighted by Gasteiger charge is -2.18. The average molecular weight is 355 g/mol. The first-order valence-electron chi connectivity index (χ1n) is 5.01. The van der Waals surface area contributed by atoms with Gasteiger partial charge in [-0.3, -0.25) is 0 Å². The van der Waals surface area contributed by atoms with Crippen LogP contribution in [0.15, 0.2) is 21.6 Å². The zero-order valence-corrected chi connectivity index (χ0v) is 13.3. The Morgan fingerprint density at radius 2 is 2.28 bits per heavy atom. The first kappa shape index (κ1) is 15.7. The molecule has 0 saturated carbocycles. The normalized spacial score (nSPS) is 11.8. The van der Waals surface area contributed by atoms with E-state index in [-0.39, 0.29) is 10.7 Å². The van der Waals surface area contributed by atoms with Crippen LogP contribution in [0, 0.1) is 0 Å². The van der Waals surface area contributed by atoms with Crippen molar-refractivity contribution in [1.82, 2.24) is 9.29 Å². The molecule has 0 bridgehead atoms. The molecule has 3 N–H and O–H groups in total. The van der Waals surface area contributed by atoms with Crippen molar-refractivity contribution in [2.45, 2.75) is 4.90 Å². The van der Waals surface area contributed by atoms with Crippen LogP contribution in [0.3, 0.4) is 0 Å². The van der Waals surface area contributed by atoms with Gasteiger partial charge in [0.1, 0.15) is 4.90 Å². The maximum absolute atomic E-state index is 12.3. The molecule has 0 fully saturated rings. The van der Waals surface area contributed by atoms with Crippen molar-refractivity contribution in [3.8, 4) is 0 Å². The number of aromatic nitrogens is 1. The minimum absolute atomic E-state index is 0.0583. The Morgan fingerprint density at radius 3 is 2.83 bits per heavy atom. The molecule has 0 aromatic carbocycles.